The van der Waals surface area contributed by atoms with Crippen LogP contribution >= 0.6 is 0 Å². The Kier molecular flexibility index (Phi) is 2.63. The van der Waals surface area contributed by atoms with E-state index in [9.17, 15) is 9.90 Å². The first-order valence-corrected chi connectivity index (χ1v) is 6.03. The highest BCUT2D eigenvalue weighted by atomic mass is 16.3. The van der Waals surface area contributed by atoms with Crippen molar-refractivity contribution in [1.29, 1.82) is 0 Å². The number of carbonyl (C=O) groups is 1. The van der Waals surface area contributed by atoms with Crippen LogP contribution in [0.2, 0.25) is 0 Å². The number of carbonyl (C=O) groups excluding carboxylic acids is 1. The van der Waals surface area contributed by atoms with Crippen LogP contribution in [0.25, 0.3) is 0 Å². The molecule has 0 saturated carbocycles. The van der Waals surface area contributed by atoms with Crippen molar-refractivity contribution in [1.82, 2.24) is 14.5 Å². The average molecular weight is 258 g/mol. The number of phenolic OH excluding ortho intramolecular Hbond substituents is 1. The van der Waals surface area contributed by atoms with Gasteiger partial charge in [0.2, 0.25) is 0 Å². The van der Waals surface area contributed by atoms with Gasteiger partial charge in [0.25, 0.3) is 5.91 Å². The first-order chi connectivity index (χ1) is 9.15. The molecule has 19 heavy (non-hydrogen) atoms. The number of amides is 1. The number of nitrogen functional groups attached to an aromatic ring is 1. The van der Waals surface area contributed by atoms with Gasteiger partial charge in [-0.1, -0.05) is 0 Å². The van der Waals surface area contributed by atoms with E-state index < -0.39 is 0 Å². The predicted octanol–water partition coefficient (Wildman–Crippen LogP) is 0.827. The summed E-state index contributed by atoms with van der Waals surface area (Å²) >= 11 is 0. The summed E-state index contributed by atoms with van der Waals surface area (Å²) in [6, 6.07) is 4.56. The molecular weight excluding hydrogens is 244 g/mol. The molecule has 0 unspecified atom stereocenters. The number of anilines is 1. The lowest BCUT2D eigenvalue weighted by Crippen LogP contribution is -2.38. The molecule has 6 nitrogen and oxygen atoms in total. The van der Waals surface area contributed by atoms with Crippen molar-refractivity contribution < 1.29 is 9.90 Å². The van der Waals surface area contributed by atoms with E-state index in [0.29, 0.717) is 18.7 Å². The topological polar surface area (TPSA) is 84.4 Å². The highest BCUT2D eigenvalue weighted by Crippen LogP contribution is 2.22. The molecule has 0 radical (unpaired) electrons. The van der Waals surface area contributed by atoms with Gasteiger partial charge < -0.3 is 20.3 Å². The van der Waals surface area contributed by atoms with Crippen molar-refractivity contribution in [2.24, 2.45) is 0 Å². The van der Waals surface area contributed by atoms with Gasteiger partial charge in [-0.25, -0.2) is 4.98 Å². The van der Waals surface area contributed by atoms with Crippen LogP contribution in [-0.4, -0.2) is 32.0 Å². The van der Waals surface area contributed by atoms with Gasteiger partial charge in [-0.3, -0.25) is 4.79 Å². The van der Waals surface area contributed by atoms with Crippen LogP contribution in [0.3, 0.4) is 0 Å². The minimum Gasteiger partial charge on any atom is -0.506 e. The first-order valence-electron chi connectivity index (χ1n) is 6.03. The van der Waals surface area contributed by atoms with Gasteiger partial charge in [0.15, 0.2) is 0 Å². The molecule has 2 heterocycles. The maximum absolute atomic E-state index is 12.3. The largest absolute Gasteiger partial charge is 0.506 e. The third-order valence-corrected chi connectivity index (χ3v) is 3.31. The molecular formula is C13H14N4O2. The Labute approximate surface area is 110 Å². The van der Waals surface area contributed by atoms with E-state index in [1.165, 1.54) is 12.1 Å². The third kappa shape index (κ3) is 2.01. The molecule has 1 aromatic carbocycles. The number of hydrogen-bond donors (Lipinski definition) is 2. The molecule has 0 aliphatic carbocycles. The van der Waals surface area contributed by atoms with Crippen LogP contribution in [0.5, 0.6) is 5.75 Å². The molecule has 98 valence electrons. The van der Waals surface area contributed by atoms with E-state index in [0.717, 1.165) is 12.4 Å². The number of hydrogen-bond acceptors (Lipinski definition) is 4. The number of fused-ring (bicyclic) bond motifs is 1. The van der Waals surface area contributed by atoms with Crippen LogP contribution in [-0.2, 0) is 13.1 Å². The van der Waals surface area contributed by atoms with Crippen molar-refractivity contribution in [3.05, 3.63) is 42.0 Å². The minimum absolute atomic E-state index is 0.0654. The number of phenols is 1. The van der Waals surface area contributed by atoms with Crippen molar-refractivity contribution >= 4 is 11.6 Å². The molecule has 3 rings (SSSR count). The maximum atomic E-state index is 12.3. The smallest absolute Gasteiger partial charge is 0.254 e. The zero-order chi connectivity index (χ0) is 13.4. The van der Waals surface area contributed by atoms with Crippen molar-refractivity contribution in [2.45, 2.75) is 13.1 Å². The minimum atomic E-state index is -0.121. The van der Waals surface area contributed by atoms with Crippen LogP contribution < -0.4 is 5.73 Å². The number of benzene rings is 1. The summed E-state index contributed by atoms with van der Waals surface area (Å²) in [6.45, 7) is 1.85. The number of nitrogens with zero attached hydrogens (tertiary/aromatic N) is 3. The molecule has 1 amide bonds. The van der Waals surface area contributed by atoms with Crippen molar-refractivity contribution in [2.75, 3.05) is 12.3 Å². The van der Waals surface area contributed by atoms with E-state index in [-0.39, 0.29) is 17.3 Å². The van der Waals surface area contributed by atoms with E-state index in [2.05, 4.69) is 4.98 Å². The molecule has 0 fully saturated rings. The summed E-state index contributed by atoms with van der Waals surface area (Å²) in [5.41, 5.74) is 6.23. The fraction of sp³-hybridized carbons (Fsp3) is 0.231. The van der Waals surface area contributed by atoms with Gasteiger partial charge in [0, 0.05) is 31.0 Å². The van der Waals surface area contributed by atoms with E-state index in [1.54, 1.807) is 17.2 Å². The van der Waals surface area contributed by atoms with Gasteiger partial charge in [-0.2, -0.15) is 0 Å². The van der Waals surface area contributed by atoms with Gasteiger partial charge in [-0.05, 0) is 18.2 Å². The number of aromatic hydroxyl groups is 1. The van der Waals surface area contributed by atoms with E-state index in [4.69, 9.17) is 5.73 Å². The zero-order valence-electron chi connectivity index (χ0n) is 10.3. The lowest BCUT2D eigenvalue weighted by Gasteiger charge is -2.27. The third-order valence-electron chi connectivity index (χ3n) is 3.31. The van der Waals surface area contributed by atoms with Crippen LogP contribution in [0.1, 0.15) is 16.2 Å². The fourth-order valence-corrected chi connectivity index (χ4v) is 2.21. The number of aromatic nitrogens is 2. The molecule has 0 bridgehead atoms. The summed E-state index contributed by atoms with van der Waals surface area (Å²) in [6.07, 6.45) is 3.64. The van der Waals surface area contributed by atoms with Crippen LogP contribution in [0, 0.1) is 0 Å². The van der Waals surface area contributed by atoms with Gasteiger partial charge in [0.1, 0.15) is 11.6 Å². The molecule has 1 aliphatic heterocycles. The average Bonchev–Trinajstić information content (AvgIpc) is 2.88. The van der Waals surface area contributed by atoms with Gasteiger partial charge in [0.05, 0.1) is 12.2 Å². The molecule has 1 aliphatic rings. The Hall–Kier alpha value is -2.50. The van der Waals surface area contributed by atoms with Gasteiger partial charge in [-0.15, -0.1) is 0 Å². The molecule has 2 aromatic rings. The van der Waals surface area contributed by atoms with Crippen LogP contribution in [0.4, 0.5) is 5.69 Å². The Bertz CT molecular complexity index is 635. The summed E-state index contributed by atoms with van der Waals surface area (Å²) in [5.74, 6) is 0.688. The zero-order valence-corrected chi connectivity index (χ0v) is 10.3. The van der Waals surface area contributed by atoms with Crippen molar-refractivity contribution in [3.63, 3.8) is 0 Å². The number of imidazole rings is 1. The number of nitrogens with two attached hydrogens (primary N) is 1. The molecule has 0 saturated heterocycles. The predicted molar refractivity (Wildman–Crippen MR) is 69.5 cm³/mol. The van der Waals surface area contributed by atoms with Gasteiger partial charge >= 0.3 is 0 Å². The highest BCUT2D eigenvalue weighted by molar-refractivity contribution is 5.95. The first kappa shape index (κ1) is 11.6. The lowest BCUT2D eigenvalue weighted by molar-refractivity contribution is 0.0707. The Balaban J connectivity index is 1.83. The highest BCUT2D eigenvalue weighted by Gasteiger charge is 2.22. The fourth-order valence-electron chi connectivity index (χ4n) is 2.21. The normalized spacial score (nSPS) is 14.2. The molecule has 6 heteroatoms. The Morgan fingerprint density at radius 2 is 2.21 bits per heavy atom. The maximum Gasteiger partial charge on any atom is 0.254 e. The number of rotatable bonds is 1. The van der Waals surface area contributed by atoms with Crippen molar-refractivity contribution in [3.8, 4) is 5.75 Å². The molecule has 3 N–H and O–H groups in total. The molecule has 1 aromatic heterocycles. The second kappa shape index (κ2) is 4.31. The second-order valence-corrected chi connectivity index (χ2v) is 4.54. The van der Waals surface area contributed by atoms with E-state index in [1.807, 2.05) is 10.8 Å². The summed E-state index contributed by atoms with van der Waals surface area (Å²) in [5, 5.41) is 9.56. The summed E-state index contributed by atoms with van der Waals surface area (Å²) in [4.78, 5) is 18.3. The summed E-state index contributed by atoms with van der Waals surface area (Å²) < 4.78 is 2.03. The quantitative estimate of drug-likeness (QED) is 0.586. The Morgan fingerprint density at radius 1 is 1.37 bits per heavy atom. The SMILES string of the molecule is Nc1ccc(C(=O)N2CCn3ccnc3C2)cc1O. The second-order valence-electron chi connectivity index (χ2n) is 4.54. The van der Waals surface area contributed by atoms with E-state index >= 15 is 0 Å². The lowest BCUT2D eigenvalue weighted by atomic mass is 10.1. The standard InChI is InChI=1S/C13H14N4O2/c14-10-2-1-9(7-11(10)18)13(19)17-6-5-16-4-3-15-12(16)8-17/h1-4,7,18H,5-6,8,14H2. The van der Waals surface area contributed by atoms with Crippen LogP contribution in [0.15, 0.2) is 30.6 Å². The molecule has 0 spiro atoms. The molecule has 0 atom stereocenters. The monoisotopic (exact) mass is 258 g/mol. The Morgan fingerprint density at radius 3 is 3.00 bits per heavy atom. The summed E-state index contributed by atoms with van der Waals surface area (Å²) in [7, 11) is 0.